The molecule has 1 aliphatic carbocycles. The maximum atomic E-state index is 13.0. The topological polar surface area (TPSA) is 55.1 Å². The van der Waals surface area contributed by atoms with Crippen LogP contribution in [0.2, 0.25) is 0 Å². The predicted molar refractivity (Wildman–Crippen MR) is 60.4 cm³/mol. The third-order valence-electron chi connectivity index (χ3n) is 2.60. The molecule has 0 unspecified atom stereocenters. The normalized spacial score (nSPS) is 15.3. The molecule has 1 amide bonds. The van der Waals surface area contributed by atoms with E-state index < -0.39 is 5.82 Å². The molecule has 4 heteroatoms. The molecule has 0 saturated heterocycles. The summed E-state index contributed by atoms with van der Waals surface area (Å²) in [4.78, 5) is 11.8. The number of nitrogens with two attached hydrogens (primary N) is 1. The van der Waals surface area contributed by atoms with Crippen LogP contribution in [0.25, 0.3) is 0 Å². The number of hydrogen-bond donors (Lipinski definition) is 2. The van der Waals surface area contributed by atoms with Crippen molar-refractivity contribution in [3.8, 4) is 0 Å². The Balaban J connectivity index is 2.10. The molecule has 0 atom stereocenters. The van der Waals surface area contributed by atoms with Crippen LogP contribution in [-0.4, -0.2) is 11.9 Å². The van der Waals surface area contributed by atoms with Gasteiger partial charge in [0.15, 0.2) is 0 Å². The lowest BCUT2D eigenvalue weighted by atomic mass is 10.1. The van der Waals surface area contributed by atoms with Gasteiger partial charge in [0.05, 0.1) is 5.56 Å². The van der Waals surface area contributed by atoms with E-state index in [2.05, 4.69) is 5.32 Å². The molecule has 3 nitrogen and oxygen atoms in total. The Labute approximate surface area is 93.1 Å². The van der Waals surface area contributed by atoms with Crippen LogP contribution >= 0.6 is 0 Å². The number of carbonyl (C=O) groups excluding carboxylic acids is 1. The Hall–Kier alpha value is -1.84. The number of rotatable bonds is 2. The summed E-state index contributed by atoms with van der Waals surface area (Å²) in [7, 11) is 0. The Kier molecular flexibility index (Phi) is 2.90. The van der Waals surface area contributed by atoms with Gasteiger partial charge in [-0.15, -0.1) is 0 Å². The van der Waals surface area contributed by atoms with E-state index in [9.17, 15) is 9.18 Å². The molecule has 16 heavy (non-hydrogen) atoms. The van der Waals surface area contributed by atoms with E-state index in [0.29, 0.717) is 5.69 Å². The monoisotopic (exact) mass is 220 g/mol. The van der Waals surface area contributed by atoms with E-state index in [-0.39, 0.29) is 17.5 Å². The van der Waals surface area contributed by atoms with Crippen LogP contribution in [-0.2, 0) is 0 Å². The smallest absolute Gasteiger partial charge is 0.253 e. The van der Waals surface area contributed by atoms with E-state index in [1.807, 2.05) is 12.2 Å². The van der Waals surface area contributed by atoms with Gasteiger partial charge in [0, 0.05) is 11.7 Å². The molecule has 1 aliphatic rings. The summed E-state index contributed by atoms with van der Waals surface area (Å²) in [5.74, 6) is -0.769. The van der Waals surface area contributed by atoms with Gasteiger partial charge in [0.1, 0.15) is 5.82 Å². The summed E-state index contributed by atoms with van der Waals surface area (Å²) in [5, 5.41) is 2.82. The van der Waals surface area contributed by atoms with Gasteiger partial charge in [-0.1, -0.05) is 12.2 Å². The van der Waals surface area contributed by atoms with Gasteiger partial charge < -0.3 is 11.1 Å². The fraction of sp³-hybridized carbons (Fsp3) is 0.250. The second kappa shape index (κ2) is 4.35. The van der Waals surface area contributed by atoms with Crippen LogP contribution in [0.4, 0.5) is 10.1 Å². The molecule has 0 heterocycles. The number of carbonyl (C=O) groups is 1. The largest absolute Gasteiger partial charge is 0.398 e. The summed E-state index contributed by atoms with van der Waals surface area (Å²) in [6.45, 7) is 0. The first-order valence-electron chi connectivity index (χ1n) is 5.17. The minimum Gasteiger partial charge on any atom is -0.398 e. The zero-order valence-corrected chi connectivity index (χ0v) is 8.74. The number of amides is 1. The van der Waals surface area contributed by atoms with Crippen molar-refractivity contribution in [2.75, 3.05) is 5.73 Å². The highest BCUT2D eigenvalue weighted by molar-refractivity contribution is 5.99. The van der Waals surface area contributed by atoms with Crippen LogP contribution in [0.1, 0.15) is 23.2 Å². The van der Waals surface area contributed by atoms with E-state index in [1.165, 1.54) is 12.1 Å². The Morgan fingerprint density at radius 1 is 1.38 bits per heavy atom. The fourth-order valence-electron chi connectivity index (χ4n) is 1.72. The first-order chi connectivity index (χ1) is 7.66. The predicted octanol–water partition coefficient (Wildman–Crippen LogP) is 1.86. The minimum atomic E-state index is -0.455. The number of anilines is 1. The highest BCUT2D eigenvalue weighted by Gasteiger charge is 2.16. The number of nitrogen functional groups attached to an aromatic ring is 1. The summed E-state index contributed by atoms with van der Waals surface area (Å²) in [6.07, 6.45) is 5.67. The van der Waals surface area contributed by atoms with Crippen LogP contribution in [0.3, 0.4) is 0 Å². The second-order valence-corrected chi connectivity index (χ2v) is 3.84. The molecular formula is C12H13FN2O. The molecule has 0 saturated carbocycles. The van der Waals surface area contributed by atoms with E-state index in [4.69, 9.17) is 5.73 Å². The molecule has 0 aromatic heterocycles. The Morgan fingerprint density at radius 3 is 2.75 bits per heavy atom. The molecular weight excluding hydrogens is 207 g/mol. The molecule has 1 aromatic carbocycles. The first-order valence-corrected chi connectivity index (χ1v) is 5.17. The van der Waals surface area contributed by atoms with Crippen molar-refractivity contribution in [1.82, 2.24) is 5.32 Å². The van der Waals surface area contributed by atoms with Gasteiger partial charge in [0.2, 0.25) is 0 Å². The summed E-state index contributed by atoms with van der Waals surface area (Å²) in [5.41, 5.74) is 6.12. The molecule has 3 N–H and O–H groups in total. The Bertz CT molecular complexity index is 435. The lowest BCUT2D eigenvalue weighted by Gasteiger charge is -2.13. The standard InChI is InChI=1S/C12H13FN2O/c13-8-5-6-11(14)10(7-8)12(16)15-9-3-1-2-4-9/h1-2,5-7,9H,3-4,14H2,(H,15,16). The van der Waals surface area contributed by atoms with Crippen molar-refractivity contribution in [2.45, 2.75) is 18.9 Å². The SMILES string of the molecule is Nc1ccc(F)cc1C(=O)NC1CC=CC1. The van der Waals surface area contributed by atoms with E-state index in [1.54, 1.807) is 0 Å². The second-order valence-electron chi connectivity index (χ2n) is 3.84. The number of hydrogen-bond acceptors (Lipinski definition) is 2. The van der Waals surface area contributed by atoms with Gasteiger partial charge in [0.25, 0.3) is 5.91 Å². The van der Waals surface area contributed by atoms with Crippen LogP contribution in [0.15, 0.2) is 30.4 Å². The number of benzene rings is 1. The molecule has 2 rings (SSSR count). The van der Waals surface area contributed by atoms with Crippen molar-refractivity contribution < 1.29 is 9.18 Å². The minimum absolute atomic E-state index is 0.107. The van der Waals surface area contributed by atoms with Gasteiger partial charge >= 0.3 is 0 Å². The maximum absolute atomic E-state index is 13.0. The molecule has 1 aromatic rings. The lowest BCUT2D eigenvalue weighted by Crippen LogP contribution is -2.33. The van der Waals surface area contributed by atoms with Crippen LogP contribution in [0.5, 0.6) is 0 Å². The fourth-order valence-corrected chi connectivity index (χ4v) is 1.72. The Morgan fingerprint density at radius 2 is 2.06 bits per heavy atom. The highest BCUT2D eigenvalue weighted by Crippen LogP contribution is 2.15. The number of nitrogens with one attached hydrogen (secondary N) is 1. The molecule has 0 spiro atoms. The molecule has 0 aliphatic heterocycles. The third kappa shape index (κ3) is 2.21. The molecule has 0 radical (unpaired) electrons. The zero-order valence-electron chi connectivity index (χ0n) is 8.74. The molecule has 84 valence electrons. The summed E-state index contributed by atoms with van der Waals surface area (Å²) in [6, 6.07) is 3.91. The third-order valence-corrected chi connectivity index (χ3v) is 2.60. The van der Waals surface area contributed by atoms with Crippen molar-refractivity contribution in [2.24, 2.45) is 0 Å². The van der Waals surface area contributed by atoms with Crippen molar-refractivity contribution in [1.29, 1.82) is 0 Å². The van der Waals surface area contributed by atoms with Gasteiger partial charge in [-0.2, -0.15) is 0 Å². The average molecular weight is 220 g/mol. The van der Waals surface area contributed by atoms with Crippen LogP contribution in [0, 0.1) is 5.82 Å². The van der Waals surface area contributed by atoms with E-state index in [0.717, 1.165) is 18.9 Å². The molecule has 0 fully saturated rings. The summed E-state index contributed by atoms with van der Waals surface area (Å²) >= 11 is 0. The van der Waals surface area contributed by atoms with Crippen molar-refractivity contribution >= 4 is 11.6 Å². The van der Waals surface area contributed by atoms with Crippen molar-refractivity contribution in [3.05, 3.63) is 41.7 Å². The quantitative estimate of drug-likeness (QED) is 0.590. The van der Waals surface area contributed by atoms with E-state index >= 15 is 0 Å². The number of halogens is 1. The average Bonchev–Trinajstić information content (AvgIpc) is 2.74. The lowest BCUT2D eigenvalue weighted by molar-refractivity contribution is 0.0939. The van der Waals surface area contributed by atoms with Gasteiger partial charge in [-0.05, 0) is 31.0 Å². The van der Waals surface area contributed by atoms with Gasteiger partial charge in [-0.3, -0.25) is 4.79 Å². The van der Waals surface area contributed by atoms with Crippen molar-refractivity contribution in [3.63, 3.8) is 0 Å². The highest BCUT2D eigenvalue weighted by atomic mass is 19.1. The van der Waals surface area contributed by atoms with Gasteiger partial charge in [-0.25, -0.2) is 4.39 Å². The maximum Gasteiger partial charge on any atom is 0.253 e. The van der Waals surface area contributed by atoms with Crippen LogP contribution < -0.4 is 11.1 Å². The first kappa shape index (κ1) is 10.7. The zero-order chi connectivity index (χ0) is 11.5. The summed E-state index contributed by atoms with van der Waals surface area (Å²) < 4.78 is 13.0. The molecule has 0 bridgehead atoms.